The zero-order chi connectivity index (χ0) is 30.8. The number of carbonyl (C=O) groups excluding carboxylic acids is 1. The van der Waals surface area contributed by atoms with Gasteiger partial charge >= 0.3 is 11.9 Å². The van der Waals surface area contributed by atoms with Crippen molar-refractivity contribution in [2.45, 2.75) is 219 Å². The van der Waals surface area contributed by atoms with Gasteiger partial charge in [0.05, 0.1) is 0 Å². The number of unbranched alkanes of at least 4 members (excludes halogenated alkanes) is 23. The van der Waals surface area contributed by atoms with Crippen molar-refractivity contribution in [3.05, 3.63) is 12.2 Å². The highest BCUT2D eigenvalue weighted by molar-refractivity contribution is 5.69. The Hall–Kier alpha value is -1.32. The third-order valence-electron chi connectivity index (χ3n) is 8.47. The van der Waals surface area contributed by atoms with E-state index in [9.17, 15) is 9.59 Å². The van der Waals surface area contributed by atoms with E-state index in [2.05, 4.69) is 26.0 Å². The van der Waals surface area contributed by atoms with Crippen molar-refractivity contribution in [3.63, 3.8) is 0 Å². The summed E-state index contributed by atoms with van der Waals surface area (Å²) in [6, 6.07) is 0. The van der Waals surface area contributed by atoms with Crippen LogP contribution in [0.1, 0.15) is 213 Å². The number of carbonyl (C=O) groups is 2. The highest BCUT2D eigenvalue weighted by atomic mass is 16.5. The summed E-state index contributed by atoms with van der Waals surface area (Å²) in [4.78, 5) is 22.9. The Bertz CT molecular complexity index is 600. The summed E-state index contributed by atoms with van der Waals surface area (Å²) >= 11 is 0. The predicted octanol–water partition coefficient (Wildman–Crippen LogP) is 12.7. The van der Waals surface area contributed by atoms with E-state index in [0.29, 0.717) is 12.8 Å². The van der Waals surface area contributed by atoms with E-state index >= 15 is 0 Å². The molecule has 248 valence electrons. The molecule has 0 aliphatic heterocycles. The molecule has 0 aliphatic carbocycles. The first kappa shape index (κ1) is 40.7. The van der Waals surface area contributed by atoms with Gasteiger partial charge in [0.25, 0.3) is 0 Å². The molecule has 0 aromatic heterocycles. The number of carboxylic acids is 1. The fourth-order valence-corrected chi connectivity index (χ4v) is 5.76. The standard InChI is InChI=1S/C38H72O4/c1-3-5-6-7-8-9-10-11-12-13-14-15-19-22-25-28-31-35-38(41)42-36(32-4-2)33-29-26-23-20-17-16-18-21-24-27-30-34-37(39)40/h11-12,36H,3-10,13-35H2,1-2H3,(H,39,40)/b12-11-. The van der Waals surface area contributed by atoms with Gasteiger partial charge in [-0.2, -0.15) is 0 Å². The van der Waals surface area contributed by atoms with E-state index in [1.807, 2.05) is 0 Å². The molecule has 1 unspecified atom stereocenters. The summed E-state index contributed by atoms with van der Waals surface area (Å²) in [5.74, 6) is -0.655. The van der Waals surface area contributed by atoms with Crippen LogP contribution in [0.2, 0.25) is 0 Å². The third kappa shape index (κ3) is 33.2. The van der Waals surface area contributed by atoms with Gasteiger partial charge in [0, 0.05) is 12.8 Å². The second kappa shape index (κ2) is 34.2. The molecule has 0 heterocycles. The van der Waals surface area contributed by atoms with E-state index in [4.69, 9.17) is 9.84 Å². The number of aliphatic carboxylic acids is 1. The maximum Gasteiger partial charge on any atom is 0.306 e. The second-order valence-electron chi connectivity index (χ2n) is 12.8. The molecule has 0 saturated carbocycles. The maximum atomic E-state index is 12.4. The van der Waals surface area contributed by atoms with Crippen LogP contribution in [0.15, 0.2) is 12.2 Å². The van der Waals surface area contributed by atoms with Crippen LogP contribution in [0, 0.1) is 0 Å². The molecule has 0 saturated heterocycles. The molecule has 4 heteroatoms. The molecule has 0 bridgehead atoms. The molecule has 0 rings (SSSR count). The van der Waals surface area contributed by atoms with Gasteiger partial charge in [-0.3, -0.25) is 9.59 Å². The van der Waals surface area contributed by atoms with Crippen LogP contribution in [-0.4, -0.2) is 23.1 Å². The molecule has 42 heavy (non-hydrogen) atoms. The smallest absolute Gasteiger partial charge is 0.306 e. The lowest BCUT2D eigenvalue weighted by atomic mass is 10.0. The summed E-state index contributed by atoms with van der Waals surface area (Å²) in [5.41, 5.74) is 0. The summed E-state index contributed by atoms with van der Waals surface area (Å²) < 4.78 is 5.85. The largest absolute Gasteiger partial charge is 0.481 e. The maximum absolute atomic E-state index is 12.4. The van der Waals surface area contributed by atoms with Gasteiger partial charge < -0.3 is 9.84 Å². The van der Waals surface area contributed by atoms with Gasteiger partial charge in [0.1, 0.15) is 6.10 Å². The molecule has 1 N–H and O–H groups in total. The Labute approximate surface area is 262 Å². The molecule has 0 fully saturated rings. The molecular formula is C38H72O4. The van der Waals surface area contributed by atoms with Crippen molar-refractivity contribution < 1.29 is 19.4 Å². The average molecular weight is 593 g/mol. The average Bonchev–Trinajstić information content (AvgIpc) is 2.97. The molecule has 0 spiro atoms. The van der Waals surface area contributed by atoms with Crippen LogP contribution in [0.4, 0.5) is 0 Å². The van der Waals surface area contributed by atoms with Gasteiger partial charge in [0.15, 0.2) is 0 Å². The van der Waals surface area contributed by atoms with Gasteiger partial charge in [-0.1, -0.05) is 154 Å². The molecule has 0 aromatic carbocycles. The van der Waals surface area contributed by atoms with Crippen LogP contribution >= 0.6 is 0 Å². The van der Waals surface area contributed by atoms with E-state index in [1.54, 1.807) is 0 Å². The highest BCUT2D eigenvalue weighted by Gasteiger charge is 2.13. The van der Waals surface area contributed by atoms with Gasteiger partial charge in [0.2, 0.25) is 0 Å². The highest BCUT2D eigenvalue weighted by Crippen LogP contribution is 2.17. The normalized spacial score (nSPS) is 12.2. The minimum absolute atomic E-state index is 0.0177. The van der Waals surface area contributed by atoms with Gasteiger partial charge in [-0.15, -0.1) is 0 Å². The second-order valence-corrected chi connectivity index (χ2v) is 12.8. The number of esters is 1. The Kier molecular flexibility index (Phi) is 33.1. The van der Waals surface area contributed by atoms with Crippen molar-refractivity contribution in [3.8, 4) is 0 Å². The Morgan fingerprint density at radius 2 is 0.905 bits per heavy atom. The van der Waals surface area contributed by atoms with E-state index < -0.39 is 5.97 Å². The number of rotatable bonds is 34. The van der Waals surface area contributed by atoms with E-state index in [0.717, 1.165) is 51.4 Å². The molecule has 0 aromatic rings. The summed E-state index contributed by atoms with van der Waals surface area (Å²) in [7, 11) is 0. The first-order valence-corrected chi connectivity index (χ1v) is 18.7. The van der Waals surface area contributed by atoms with E-state index in [-0.39, 0.29) is 12.1 Å². The number of hydrogen-bond acceptors (Lipinski definition) is 3. The Morgan fingerprint density at radius 3 is 1.36 bits per heavy atom. The molecule has 0 amide bonds. The monoisotopic (exact) mass is 593 g/mol. The van der Waals surface area contributed by atoms with Crippen LogP contribution in [0.25, 0.3) is 0 Å². The minimum atomic E-state index is -0.673. The number of ether oxygens (including phenoxy) is 1. The van der Waals surface area contributed by atoms with Crippen LogP contribution in [-0.2, 0) is 14.3 Å². The summed E-state index contributed by atoms with van der Waals surface area (Å²) in [5, 5.41) is 8.66. The van der Waals surface area contributed by atoms with Crippen LogP contribution < -0.4 is 0 Å². The molecule has 0 radical (unpaired) electrons. The van der Waals surface area contributed by atoms with Crippen molar-refractivity contribution in [1.29, 1.82) is 0 Å². The predicted molar refractivity (Wildman–Crippen MR) is 181 cm³/mol. The SMILES string of the molecule is CCCCCCCC/C=C\CCCCCCCCCC(=O)OC(CCC)CCCCCCCCCCCCCC(=O)O. The lowest BCUT2D eigenvalue weighted by Gasteiger charge is -2.17. The fraction of sp³-hybridized carbons (Fsp3) is 0.895. The Morgan fingerprint density at radius 1 is 0.500 bits per heavy atom. The van der Waals surface area contributed by atoms with Crippen molar-refractivity contribution >= 4 is 11.9 Å². The number of hydrogen-bond donors (Lipinski definition) is 1. The van der Waals surface area contributed by atoms with Crippen LogP contribution in [0.3, 0.4) is 0 Å². The van der Waals surface area contributed by atoms with Crippen LogP contribution in [0.5, 0.6) is 0 Å². The summed E-state index contributed by atoms with van der Waals surface area (Å²) in [6.07, 6.45) is 41.5. The lowest BCUT2D eigenvalue weighted by Crippen LogP contribution is -2.18. The number of carboxylic acid groups (broad SMARTS) is 1. The first-order valence-electron chi connectivity index (χ1n) is 18.7. The molecule has 1 atom stereocenters. The minimum Gasteiger partial charge on any atom is -0.481 e. The lowest BCUT2D eigenvalue weighted by molar-refractivity contribution is -0.150. The quantitative estimate of drug-likeness (QED) is 0.0458. The number of allylic oxidation sites excluding steroid dienone is 2. The Balaban J connectivity index is 3.53. The van der Waals surface area contributed by atoms with Gasteiger partial charge in [-0.25, -0.2) is 0 Å². The molecule has 0 aliphatic rings. The fourth-order valence-electron chi connectivity index (χ4n) is 5.76. The van der Waals surface area contributed by atoms with Crippen molar-refractivity contribution in [1.82, 2.24) is 0 Å². The van der Waals surface area contributed by atoms with E-state index in [1.165, 1.54) is 135 Å². The summed E-state index contributed by atoms with van der Waals surface area (Å²) in [6.45, 7) is 4.46. The van der Waals surface area contributed by atoms with Gasteiger partial charge in [-0.05, 0) is 57.8 Å². The first-order chi connectivity index (χ1) is 20.6. The van der Waals surface area contributed by atoms with Crippen molar-refractivity contribution in [2.24, 2.45) is 0 Å². The molecule has 4 nitrogen and oxygen atoms in total. The topological polar surface area (TPSA) is 63.6 Å². The zero-order valence-electron chi connectivity index (χ0n) is 28.3. The zero-order valence-corrected chi connectivity index (χ0v) is 28.3. The third-order valence-corrected chi connectivity index (χ3v) is 8.47. The van der Waals surface area contributed by atoms with Crippen molar-refractivity contribution in [2.75, 3.05) is 0 Å². The molecular weight excluding hydrogens is 520 g/mol.